The van der Waals surface area contributed by atoms with Gasteiger partial charge < -0.3 is 10.4 Å². The zero-order chi connectivity index (χ0) is 18.7. The Morgan fingerprint density at radius 1 is 1.12 bits per heavy atom. The molecule has 0 saturated carbocycles. The lowest BCUT2D eigenvalue weighted by Gasteiger charge is -2.06. The third-order valence-electron chi connectivity index (χ3n) is 4.18. The molecule has 132 valence electrons. The highest BCUT2D eigenvalue weighted by Crippen LogP contribution is 2.33. The largest absolute Gasteiger partial charge is 0.340 e. The van der Waals surface area contributed by atoms with Crippen LogP contribution < -0.4 is 0 Å². The number of aromatic nitrogens is 3. The van der Waals surface area contributed by atoms with Crippen molar-refractivity contribution in [1.82, 2.24) is 15.0 Å². The highest BCUT2D eigenvalue weighted by Gasteiger charge is 2.17. The number of rotatable bonds is 5. The Balaban J connectivity index is 2.18. The van der Waals surface area contributed by atoms with E-state index in [0.717, 1.165) is 45.4 Å². The second kappa shape index (κ2) is 7.44. The maximum absolute atomic E-state index is 7.16. The number of imidazole rings is 1. The Kier molecular flexibility index (Phi) is 5.07. The van der Waals surface area contributed by atoms with Crippen molar-refractivity contribution in [1.29, 1.82) is 5.41 Å². The van der Waals surface area contributed by atoms with Crippen LogP contribution in [-0.4, -0.2) is 27.4 Å². The minimum Gasteiger partial charge on any atom is -0.340 e. The van der Waals surface area contributed by atoms with Crippen LogP contribution in [0, 0.1) is 19.3 Å². The number of aryl methyl sites for hydroxylation is 2. The molecule has 0 spiro atoms. The van der Waals surface area contributed by atoms with Gasteiger partial charge in [0, 0.05) is 29.6 Å². The number of hydrogen-bond acceptors (Lipinski definition) is 4. The van der Waals surface area contributed by atoms with Gasteiger partial charge in [-0.25, -0.2) is 4.98 Å². The Hall–Kier alpha value is -3.08. The van der Waals surface area contributed by atoms with Gasteiger partial charge in [0.05, 0.1) is 22.8 Å². The van der Waals surface area contributed by atoms with Crippen molar-refractivity contribution in [2.45, 2.75) is 33.6 Å². The lowest BCUT2D eigenvalue weighted by molar-refractivity contribution is 0.795. The van der Waals surface area contributed by atoms with Gasteiger partial charge in [0.25, 0.3) is 0 Å². The molecule has 0 unspecified atom stereocenters. The Morgan fingerprint density at radius 2 is 1.92 bits per heavy atom. The summed E-state index contributed by atoms with van der Waals surface area (Å²) in [7, 11) is 0. The van der Waals surface area contributed by atoms with Gasteiger partial charge in [-0.2, -0.15) is 0 Å². The summed E-state index contributed by atoms with van der Waals surface area (Å²) < 4.78 is 0. The van der Waals surface area contributed by atoms with Crippen LogP contribution in [0.15, 0.2) is 41.4 Å². The summed E-state index contributed by atoms with van der Waals surface area (Å²) in [5.41, 5.74) is 6.51. The standard InChI is InChI=1S/C21H23N5/c1-13(2)21-25-19(20(26-21)17-7-5-6-15(4)24-17)16-9-8-14(3)18(12-16)23-11-10-22/h5-13,22H,1-4H3,(H,25,26). The lowest BCUT2D eigenvalue weighted by atomic mass is 10.0. The van der Waals surface area contributed by atoms with Gasteiger partial charge in [0.1, 0.15) is 5.82 Å². The quantitative estimate of drug-likeness (QED) is 0.621. The molecule has 3 aromatic rings. The fraction of sp³-hybridized carbons (Fsp3) is 0.238. The summed E-state index contributed by atoms with van der Waals surface area (Å²) in [5, 5.41) is 7.16. The average Bonchev–Trinajstić information content (AvgIpc) is 3.07. The first kappa shape index (κ1) is 17.7. The van der Waals surface area contributed by atoms with Crippen molar-refractivity contribution < 1.29 is 0 Å². The molecule has 26 heavy (non-hydrogen) atoms. The first-order valence-electron chi connectivity index (χ1n) is 8.67. The molecule has 0 aliphatic heterocycles. The molecule has 2 aromatic heterocycles. The molecule has 0 atom stereocenters. The summed E-state index contributed by atoms with van der Waals surface area (Å²) in [5.74, 6) is 1.22. The number of nitrogens with zero attached hydrogens (tertiary/aromatic N) is 3. The minimum atomic E-state index is 0.285. The van der Waals surface area contributed by atoms with Crippen molar-refractivity contribution in [3.05, 3.63) is 53.5 Å². The van der Waals surface area contributed by atoms with Crippen LogP contribution in [0.2, 0.25) is 0 Å². The third-order valence-corrected chi connectivity index (χ3v) is 4.18. The van der Waals surface area contributed by atoms with E-state index < -0.39 is 0 Å². The maximum Gasteiger partial charge on any atom is 0.109 e. The molecular weight excluding hydrogens is 322 g/mol. The molecular formula is C21H23N5. The second-order valence-electron chi connectivity index (χ2n) is 6.61. The average molecular weight is 345 g/mol. The van der Waals surface area contributed by atoms with E-state index in [9.17, 15) is 0 Å². The van der Waals surface area contributed by atoms with Crippen LogP contribution >= 0.6 is 0 Å². The van der Waals surface area contributed by atoms with E-state index in [2.05, 4.69) is 34.9 Å². The Bertz CT molecular complexity index is 966. The molecule has 0 bridgehead atoms. The van der Waals surface area contributed by atoms with Crippen LogP contribution in [0.5, 0.6) is 0 Å². The molecule has 0 amide bonds. The van der Waals surface area contributed by atoms with Crippen LogP contribution in [0.3, 0.4) is 0 Å². The second-order valence-corrected chi connectivity index (χ2v) is 6.61. The SMILES string of the molecule is Cc1cccc(-c2[nH]c(C(C)C)nc2-c2ccc(C)c(N=CC=N)c2)n1. The zero-order valence-corrected chi connectivity index (χ0v) is 15.5. The highest BCUT2D eigenvalue weighted by atomic mass is 15.0. The Labute approximate surface area is 153 Å². The van der Waals surface area contributed by atoms with Gasteiger partial charge in [-0.1, -0.05) is 32.0 Å². The lowest BCUT2D eigenvalue weighted by Crippen LogP contribution is -1.90. The molecule has 5 nitrogen and oxygen atoms in total. The van der Waals surface area contributed by atoms with Crippen LogP contribution in [0.25, 0.3) is 22.6 Å². The maximum atomic E-state index is 7.16. The van der Waals surface area contributed by atoms with E-state index in [1.165, 1.54) is 12.4 Å². The molecule has 0 aliphatic rings. The number of pyridine rings is 1. The van der Waals surface area contributed by atoms with Gasteiger partial charge in [0.15, 0.2) is 0 Å². The number of nitrogens with one attached hydrogen (secondary N) is 2. The number of H-pyrrole nitrogens is 1. The van der Waals surface area contributed by atoms with Gasteiger partial charge in [-0.15, -0.1) is 0 Å². The van der Waals surface area contributed by atoms with Gasteiger partial charge in [0.2, 0.25) is 0 Å². The van der Waals surface area contributed by atoms with Gasteiger partial charge in [-0.3, -0.25) is 9.98 Å². The first-order chi connectivity index (χ1) is 12.5. The van der Waals surface area contributed by atoms with Crippen LogP contribution in [0.4, 0.5) is 5.69 Å². The molecule has 0 aliphatic carbocycles. The van der Waals surface area contributed by atoms with Crippen LogP contribution in [0.1, 0.15) is 36.8 Å². The van der Waals surface area contributed by atoms with E-state index in [0.29, 0.717) is 0 Å². The summed E-state index contributed by atoms with van der Waals surface area (Å²) in [6.07, 6.45) is 2.67. The fourth-order valence-electron chi connectivity index (χ4n) is 2.75. The molecule has 2 heterocycles. The summed E-state index contributed by atoms with van der Waals surface area (Å²) in [4.78, 5) is 17.3. The molecule has 1 aromatic carbocycles. The summed E-state index contributed by atoms with van der Waals surface area (Å²) in [6.45, 7) is 8.22. The number of hydrogen-bond donors (Lipinski definition) is 2. The number of aromatic amines is 1. The molecule has 5 heteroatoms. The predicted octanol–water partition coefficient (Wildman–Crippen LogP) is 5.23. The number of aliphatic imine (C=N–C) groups is 1. The molecule has 0 saturated heterocycles. The van der Waals surface area contributed by atoms with Crippen molar-refractivity contribution in [3.63, 3.8) is 0 Å². The molecule has 0 radical (unpaired) electrons. The van der Waals surface area contributed by atoms with Crippen molar-refractivity contribution >= 4 is 18.1 Å². The highest BCUT2D eigenvalue weighted by molar-refractivity contribution is 6.15. The van der Waals surface area contributed by atoms with E-state index in [1.807, 2.05) is 44.2 Å². The molecule has 0 fully saturated rings. The summed E-state index contributed by atoms with van der Waals surface area (Å²) >= 11 is 0. The fourth-order valence-corrected chi connectivity index (χ4v) is 2.75. The molecule has 2 N–H and O–H groups in total. The van der Waals surface area contributed by atoms with Gasteiger partial charge >= 0.3 is 0 Å². The smallest absolute Gasteiger partial charge is 0.109 e. The summed E-state index contributed by atoms with van der Waals surface area (Å²) in [6, 6.07) is 12.1. The predicted molar refractivity (Wildman–Crippen MR) is 108 cm³/mol. The normalized spacial score (nSPS) is 11.4. The monoisotopic (exact) mass is 345 g/mol. The molecule has 3 rings (SSSR count). The van der Waals surface area contributed by atoms with Crippen LogP contribution in [-0.2, 0) is 0 Å². The minimum absolute atomic E-state index is 0.285. The number of benzene rings is 1. The van der Waals surface area contributed by atoms with Crippen molar-refractivity contribution in [2.75, 3.05) is 0 Å². The van der Waals surface area contributed by atoms with Crippen molar-refractivity contribution in [2.24, 2.45) is 4.99 Å². The Morgan fingerprint density at radius 3 is 2.62 bits per heavy atom. The van der Waals surface area contributed by atoms with E-state index in [-0.39, 0.29) is 5.92 Å². The first-order valence-corrected chi connectivity index (χ1v) is 8.67. The van der Waals surface area contributed by atoms with Crippen molar-refractivity contribution in [3.8, 4) is 22.6 Å². The van der Waals surface area contributed by atoms with Gasteiger partial charge in [-0.05, 0) is 37.6 Å². The van der Waals surface area contributed by atoms with E-state index in [1.54, 1.807) is 0 Å². The third kappa shape index (κ3) is 3.61. The van der Waals surface area contributed by atoms with E-state index >= 15 is 0 Å². The van der Waals surface area contributed by atoms with E-state index in [4.69, 9.17) is 10.4 Å². The topological polar surface area (TPSA) is 77.8 Å². The zero-order valence-electron chi connectivity index (χ0n) is 15.5.